The summed E-state index contributed by atoms with van der Waals surface area (Å²) < 4.78 is 6.49. The number of esters is 1. The summed E-state index contributed by atoms with van der Waals surface area (Å²) in [5.41, 5.74) is 2.18. The highest BCUT2D eigenvalue weighted by Crippen LogP contribution is 2.31. The number of halogens is 1. The number of rotatable bonds is 3. The van der Waals surface area contributed by atoms with Crippen LogP contribution in [0.2, 0.25) is 5.15 Å². The molecule has 0 N–H and O–H groups in total. The van der Waals surface area contributed by atoms with E-state index in [0.29, 0.717) is 5.75 Å². The van der Waals surface area contributed by atoms with E-state index in [-0.39, 0.29) is 10.7 Å². The molecule has 4 rings (SSSR count). The van der Waals surface area contributed by atoms with Crippen molar-refractivity contribution in [3.8, 4) is 16.3 Å². The number of aromatic nitrogens is 2. The predicted octanol–water partition coefficient (Wildman–Crippen LogP) is 5.23. The monoisotopic (exact) mass is 366 g/mol. The van der Waals surface area contributed by atoms with Crippen molar-refractivity contribution in [1.82, 2.24) is 9.97 Å². The molecule has 0 aliphatic heterocycles. The maximum absolute atomic E-state index is 12.2. The van der Waals surface area contributed by atoms with E-state index in [2.05, 4.69) is 9.97 Å². The van der Waals surface area contributed by atoms with Gasteiger partial charge in [0.1, 0.15) is 15.9 Å². The van der Waals surface area contributed by atoms with Gasteiger partial charge in [0.25, 0.3) is 0 Å². The molecule has 0 saturated carbocycles. The molecule has 0 spiro atoms. The molecule has 4 nitrogen and oxygen atoms in total. The Morgan fingerprint density at radius 3 is 2.56 bits per heavy atom. The number of thiazole rings is 1. The first-order valence-electron chi connectivity index (χ1n) is 7.49. The predicted molar refractivity (Wildman–Crippen MR) is 99.3 cm³/mol. The average Bonchev–Trinajstić information content (AvgIpc) is 3.07. The van der Waals surface area contributed by atoms with Crippen LogP contribution in [0.15, 0.2) is 66.9 Å². The number of pyridine rings is 1. The molecule has 2 heterocycles. The minimum Gasteiger partial charge on any atom is -0.423 e. The highest BCUT2D eigenvalue weighted by Gasteiger charge is 2.13. The van der Waals surface area contributed by atoms with Crippen LogP contribution < -0.4 is 4.74 Å². The molecule has 25 heavy (non-hydrogen) atoms. The molecule has 0 atom stereocenters. The molecular formula is C19H11ClN2O2S. The topological polar surface area (TPSA) is 52.1 Å². The van der Waals surface area contributed by atoms with E-state index < -0.39 is 5.97 Å². The maximum atomic E-state index is 12.2. The highest BCUT2D eigenvalue weighted by molar-refractivity contribution is 7.21. The van der Waals surface area contributed by atoms with Crippen molar-refractivity contribution in [3.63, 3.8) is 0 Å². The van der Waals surface area contributed by atoms with Crippen LogP contribution in [0.5, 0.6) is 5.75 Å². The smallest absolute Gasteiger partial charge is 0.346 e. The lowest BCUT2D eigenvalue weighted by Crippen LogP contribution is -2.09. The van der Waals surface area contributed by atoms with E-state index >= 15 is 0 Å². The van der Waals surface area contributed by atoms with Gasteiger partial charge in [-0.3, -0.25) is 0 Å². The molecule has 122 valence electrons. The van der Waals surface area contributed by atoms with Gasteiger partial charge in [-0.05, 0) is 48.5 Å². The van der Waals surface area contributed by atoms with Crippen molar-refractivity contribution in [2.24, 2.45) is 0 Å². The van der Waals surface area contributed by atoms with Gasteiger partial charge in [0.05, 0.1) is 15.8 Å². The van der Waals surface area contributed by atoms with Crippen molar-refractivity contribution >= 4 is 39.1 Å². The zero-order valence-electron chi connectivity index (χ0n) is 12.8. The van der Waals surface area contributed by atoms with Crippen LogP contribution in [0, 0.1) is 0 Å². The Bertz CT molecular complexity index is 1030. The third kappa shape index (κ3) is 3.24. The molecule has 6 heteroatoms. The van der Waals surface area contributed by atoms with E-state index in [9.17, 15) is 4.79 Å². The summed E-state index contributed by atoms with van der Waals surface area (Å²) in [5.74, 6) is -0.0967. The molecule has 0 aliphatic rings. The minimum absolute atomic E-state index is 0.124. The van der Waals surface area contributed by atoms with Crippen LogP contribution in [-0.4, -0.2) is 15.9 Å². The summed E-state index contributed by atoms with van der Waals surface area (Å²) in [5, 5.41) is 1.05. The third-order valence-corrected chi connectivity index (χ3v) is 4.97. The van der Waals surface area contributed by atoms with Crippen molar-refractivity contribution in [2.45, 2.75) is 0 Å². The molecule has 0 amide bonds. The lowest BCUT2D eigenvalue weighted by atomic mass is 10.2. The van der Waals surface area contributed by atoms with Gasteiger partial charge in [-0.1, -0.05) is 23.7 Å². The second kappa shape index (κ2) is 6.63. The number of nitrogens with zero attached hydrogens (tertiary/aromatic N) is 2. The molecule has 0 radical (unpaired) electrons. The quantitative estimate of drug-likeness (QED) is 0.283. The fraction of sp³-hybridized carbons (Fsp3) is 0. The number of benzene rings is 2. The van der Waals surface area contributed by atoms with Crippen LogP contribution in [0.25, 0.3) is 20.8 Å². The fourth-order valence-electron chi connectivity index (χ4n) is 2.36. The molecule has 4 aromatic rings. The fourth-order valence-corrected chi connectivity index (χ4v) is 3.53. The van der Waals surface area contributed by atoms with E-state index in [1.807, 2.05) is 36.4 Å². The average molecular weight is 367 g/mol. The van der Waals surface area contributed by atoms with Gasteiger partial charge in [-0.2, -0.15) is 0 Å². The first-order chi connectivity index (χ1) is 12.2. The van der Waals surface area contributed by atoms with E-state index in [1.54, 1.807) is 35.6 Å². The Kier molecular flexibility index (Phi) is 4.17. The summed E-state index contributed by atoms with van der Waals surface area (Å²) in [7, 11) is 0. The number of ether oxygens (including phenoxy) is 1. The standard InChI is InChI=1S/C19H11ClN2O2S/c20-17-14(4-3-11-21-17)19(23)24-13-9-7-12(8-10-13)18-22-15-5-1-2-6-16(15)25-18/h1-11H. The normalized spacial score (nSPS) is 10.8. The molecule has 2 aromatic carbocycles. The van der Waals surface area contributed by atoms with Crippen molar-refractivity contribution in [1.29, 1.82) is 0 Å². The molecule has 0 bridgehead atoms. The number of para-hydroxylation sites is 1. The van der Waals surface area contributed by atoms with E-state index in [0.717, 1.165) is 20.8 Å². The van der Waals surface area contributed by atoms with Crippen LogP contribution in [0.1, 0.15) is 10.4 Å². The van der Waals surface area contributed by atoms with Crippen LogP contribution in [0.3, 0.4) is 0 Å². The van der Waals surface area contributed by atoms with Crippen LogP contribution in [0.4, 0.5) is 0 Å². The Hall–Kier alpha value is -2.76. The van der Waals surface area contributed by atoms with Gasteiger partial charge in [0, 0.05) is 11.8 Å². The number of carbonyl (C=O) groups is 1. The maximum Gasteiger partial charge on any atom is 0.346 e. The summed E-state index contributed by atoms with van der Waals surface area (Å²) in [6.07, 6.45) is 1.52. The Labute approximate surface area is 152 Å². The van der Waals surface area contributed by atoms with Crippen LogP contribution in [-0.2, 0) is 0 Å². The van der Waals surface area contributed by atoms with Crippen molar-refractivity contribution < 1.29 is 9.53 Å². The summed E-state index contributed by atoms with van der Waals surface area (Å²) in [6.45, 7) is 0. The highest BCUT2D eigenvalue weighted by atomic mass is 35.5. The third-order valence-electron chi connectivity index (χ3n) is 3.58. The molecule has 0 aliphatic carbocycles. The number of hydrogen-bond acceptors (Lipinski definition) is 5. The van der Waals surface area contributed by atoms with E-state index in [4.69, 9.17) is 16.3 Å². The zero-order valence-corrected chi connectivity index (χ0v) is 14.4. The first-order valence-corrected chi connectivity index (χ1v) is 8.69. The molecule has 2 aromatic heterocycles. The van der Waals surface area contributed by atoms with Crippen molar-refractivity contribution in [3.05, 3.63) is 77.6 Å². The Morgan fingerprint density at radius 2 is 1.80 bits per heavy atom. The Balaban J connectivity index is 1.56. The SMILES string of the molecule is O=C(Oc1ccc(-c2nc3ccccc3s2)cc1)c1cccnc1Cl. The van der Waals surface area contributed by atoms with Gasteiger partial charge < -0.3 is 4.74 Å². The lowest BCUT2D eigenvalue weighted by Gasteiger charge is -2.05. The minimum atomic E-state index is -0.536. The van der Waals surface area contributed by atoms with Gasteiger partial charge in [-0.25, -0.2) is 14.8 Å². The second-order valence-corrected chi connectivity index (χ2v) is 6.63. The van der Waals surface area contributed by atoms with Gasteiger partial charge >= 0.3 is 5.97 Å². The van der Waals surface area contributed by atoms with Gasteiger partial charge in [-0.15, -0.1) is 11.3 Å². The first kappa shape index (κ1) is 15.7. The molecule has 0 saturated heterocycles. The van der Waals surface area contributed by atoms with Gasteiger partial charge in [0.15, 0.2) is 0 Å². The van der Waals surface area contributed by atoms with E-state index in [1.165, 1.54) is 6.20 Å². The number of fused-ring (bicyclic) bond motifs is 1. The van der Waals surface area contributed by atoms with Gasteiger partial charge in [0.2, 0.25) is 0 Å². The largest absolute Gasteiger partial charge is 0.423 e. The molecular weight excluding hydrogens is 356 g/mol. The summed E-state index contributed by atoms with van der Waals surface area (Å²) >= 11 is 7.53. The number of carbonyl (C=O) groups excluding carboxylic acids is 1. The number of hydrogen-bond donors (Lipinski definition) is 0. The zero-order chi connectivity index (χ0) is 17.2. The molecule has 0 unspecified atom stereocenters. The Morgan fingerprint density at radius 1 is 1.00 bits per heavy atom. The summed E-state index contributed by atoms with van der Waals surface area (Å²) in [6, 6.07) is 18.5. The van der Waals surface area contributed by atoms with Crippen LogP contribution >= 0.6 is 22.9 Å². The second-order valence-electron chi connectivity index (χ2n) is 5.24. The van der Waals surface area contributed by atoms with Crippen molar-refractivity contribution in [2.75, 3.05) is 0 Å². The summed E-state index contributed by atoms with van der Waals surface area (Å²) in [4.78, 5) is 20.6. The lowest BCUT2D eigenvalue weighted by molar-refractivity contribution is 0.0734. The molecule has 0 fully saturated rings.